The van der Waals surface area contributed by atoms with Gasteiger partial charge in [0, 0.05) is 17.2 Å². The molecule has 0 bridgehead atoms. The molecule has 1 aromatic heterocycles. The number of carbonyl (C=O) groups excluding carboxylic acids is 1. The number of anilines is 2. The van der Waals surface area contributed by atoms with Crippen LogP contribution < -0.4 is 9.80 Å². The Balaban J connectivity index is 1.96. The third-order valence-electron chi connectivity index (χ3n) is 6.23. The van der Waals surface area contributed by atoms with E-state index in [2.05, 4.69) is 4.98 Å². The Labute approximate surface area is 217 Å². The number of hydrogen-bond acceptors (Lipinski definition) is 5. The zero-order valence-electron chi connectivity index (χ0n) is 19.5. The van der Waals surface area contributed by atoms with Gasteiger partial charge in [-0.3, -0.25) is 4.79 Å². The van der Waals surface area contributed by atoms with Crippen molar-refractivity contribution in [2.45, 2.75) is 50.2 Å². The van der Waals surface area contributed by atoms with Gasteiger partial charge in [0.25, 0.3) is 0 Å². The number of aliphatic hydroxyl groups excluding tert-OH is 2. The summed E-state index contributed by atoms with van der Waals surface area (Å²) in [6, 6.07) is 2.42. The van der Waals surface area contributed by atoms with E-state index in [-0.39, 0.29) is 25.3 Å². The predicted octanol–water partition coefficient (Wildman–Crippen LogP) is 4.60. The molecule has 0 saturated carbocycles. The molecule has 0 unspecified atom stereocenters. The van der Waals surface area contributed by atoms with Crippen LogP contribution in [0.1, 0.15) is 37.0 Å². The number of likely N-dealkylation sites (N-methyl/N-ethyl adjacent to an activating group) is 1. The molecule has 0 spiro atoms. The van der Waals surface area contributed by atoms with E-state index in [0.717, 1.165) is 4.90 Å². The molecule has 2 atom stereocenters. The summed E-state index contributed by atoms with van der Waals surface area (Å²) in [7, 11) is 1.36. The van der Waals surface area contributed by atoms with Gasteiger partial charge in [-0.05, 0) is 72.7 Å². The lowest BCUT2D eigenvalue weighted by molar-refractivity contribution is -0.143. The van der Waals surface area contributed by atoms with E-state index in [1.54, 1.807) is 11.0 Å². The van der Waals surface area contributed by atoms with E-state index in [1.807, 2.05) is 22.6 Å². The van der Waals surface area contributed by atoms with Crippen LogP contribution in [-0.2, 0) is 22.6 Å². The Kier molecular flexibility index (Phi) is 7.88. The second-order valence-corrected chi connectivity index (χ2v) is 10.3. The highest BCUT2D eigenvalue weighted by Gasteiger charge is 2.41. The van der Waals surface area contributed by atoms with Gasteiger partial charge in [-0.25, -0.2) is 4.98 Å². The number of rotatable bonds is 5. The summed E-state index contributed by atoms with van der Waals surface area (Å²) < 4.78 is 80.6. The van der Waals surface area contributed by atoms with Crippen molar-refractivity contribution in [3.8, 4) is 0 Å². The third kappa shape index (κ3) is 5.72. The van der Waals surface area contributed by atoms with Crippen LogP contribution in [-0.4, -0.2) is 53.4 Å². The first-order valence-electron chi connectivity index (χ1n) is 10.8. The number of amides is 1. The molecular formula is C23H24F6IN3O3. The number of aliphatic hydroxyl groups is 2. The first-order chi connectivity index (χ1) is 16.5. The van der Waals surface area contributed by atoms with Crippen LogP contribution in [0, 0.1) is 3.57 Å². The first-order valence-corrected chi connectivity index (χ1v) is 11.8. The normalized spacial score (nSPS) is 19.1. The number of hydrogen-bond donors (Lipinski definition) is 2. The highest BCUT2D eigenvalue weighted by molar-refractivity contribution is 14.1. The molecule has 0 aliphatic carbocycles. The van der Waals surface area contributed by atoms with E-state index in [4.69, 9.17) is 0 Å². The molecular weight excluding hydrogens is 607 g/mol. The quantitative estimate of drug-likeness (QED) is 0.373. The van der Waals surface area contributed by atoms with Gasteiger partial charge in [-0.1, -0.05) is 0 Å². The summed E-state index contributed by atoms with van der Waals surface area (Å²) in [6.07, 6.45) is -8.99. The van der Waals surface area contributed by atoms with Crippen molar-refractivity contribution in [3.63, 3.8) is 0 Å². The van der Waals surface area contributed by atoms with Crippen LogP contribution in [0.3, 0.4) is 0 Å². The van der Waals surface area contributed by atoms with E-state index in [0.29, 0.717) is 33.6 Å². The largest absolute Gasteiger partial charge is 0.416 e. The molecule has 6 nitrogen and oxygen atoms in total. The molecule has 0 radical (unpaired) electrons. The van der Waals surface area contributed by atoms with E-state index >= 15 is 0 Å². The van der Waals surface area contributed by atoms with E-state index in [1.165, 1.54) is 27.1 Å². The molecule has 13 heteroatoms. The van der Waals surface area contributed by atoms with Gasteiger partial charge in [0.05, 0.1) is 47.2 Å². The van der Waals surface area contributed by atoms with E-state index < -0.39 is 46.5 Å². The average molecular weight is 631 g/mol. The van der Waals surface area contributed by atoms with Crippen molar-refractivity contribution in [1.82, 2.24) is 4.98 Å². The molecule has 2 N–H and O–H groups in total. The van der Waals surface area contributed by atoms with Crippen molar-refractivity contribution in [2.24, 2.45) is 0 Å². The lowest BCUT2D eigenvalue weighted by atomic mass is 9.81. The minimum atomic E-state index is -5.04. The van der Waals surface area contributed by atoms with Crippen LogP contribution in [0.5, 0.6) is 0 Å². The Hall–Kier alpha value is -2.13. The zero-order valence-corrected chi connectivity index (χ0v) is 21.6. The first kappa shape index (κ1) is 28.4. The van der Waals surface area contributed by atoms with Gasteiger partial charge >= 0.3 is 12.4 Å². The highest BCUT2D eigenvalue weighted by Crippen LogP contribution is 2.40. The lowest BCUT2D eigenvalue weighted by Gasteiger charge is -2.32. The van der Waals surface area contributed by atoms with Crippen molar-refractivity contribution in [2.75, 3.05) is 30.0 Å². The molecule has 1 fully saturated rings. The number of alkyl halides is 6. The third-order valence-corrected chi connectivity index (χ3v) is 7.09. The molecule has 2 aromatic rings. The molecule has 1 saturated heterocycles. The van der Waals surface area contributed by atoms with Crippen LogP contribution in [0.15, 0.2) is 30.5 Å². The maximum atomic E-state index is 13.4. The Morgan fingerprint density at radius 1 is 1.08 bits per heavy atom. The number of aromatic nitrogens is 1. The lowest BCUT2D eigenvalue weighted by Crippen LogP contribution is -2.42. The van der Waals surface area contributed by atoms with Crippen molar-refractivity contribution >= 4 is 40.0 Å². The zero-order chi connectivity index (χ0) is 27.2. The number of halogens is 7. The number of carbonyl (C=O) groups is 1. The van der Waals surface area contributed by atoms with Gasteiger partial charge in [0.1, 0.15) is 5.82 Å². The second kappa shape index (κ2) is 9.97. The fourth-order valence-electron chi connectivity index (χ4n) is 4.13. The molecule has 1 aliphatic heterocycles. The summed E-state index contributed by atoms with van der Waals surface area (Å²) in [6.45, 7) is 2.58. The Morgan fingerprint density at radius 3 is 2.08 bits per heavy atom. The summed E-state index contributed by atoms with van der Waals surface area (Å²) in [4.78, 5) is 20.6. The van der Waals surface area contributed by atoms with Gasteiger partial charge in [0.2, 0.25) is 5.91 Å². The molecule has 2 heterocycles. The fraction of sp³-hybridized carbons (Fsp3) is 0.478. The predicted molar refractivity (Wildman–Crippen MR) is 129 cm³/mol. The highest BCUT2D eigenvalue weighted by atomic mass is 127. The van der Waals surface area contributed by atoms with Crippen molar-refractivity contribution in [1.29, 1.82) is 0 Å². The maximum Gasteiger partial charge on any atom is 0.416 e. The molecule has 198 valence electrons. The smallest absolute Gasteiger partial charge is 0.394 e. The van der Waals surface area contributed by atoms with Crippen molar-refractivity contribution in [3.05, 3.63) is 50.7 Å². The standard InChI is InChI=1S/C23H24F6IN3O3/c1-21(2,12-4-13(22(24,25)26)6-14(5-12)23(27,28)29)20(36)32(3)18-9-31-19(8-17(18)30)33-10-16(35)7-15(33)11-34/h4-6,8-9,15-16,34-35H,7,10-11H2,1-3H3/t15-,16+/m1/s1. The van der Waals surface area contributed by atoms with Gasteiger partial charge < -0.3 is 20.0 Å². The van der Waals surface area contributed by atoms with Crippen LogP contribution in [0.25, 0.3) is 0 Å². The topological polar surface area (TPSA) is 76.9 Å². The summed E-state index contributed by atoms with van der Waals surface area (Å²) in [5.41, 5.74) is -4.89. The minimum absolute atomic E-state index is 0.0221. The van der Waals surface area contributed by atoms with Gasteiger partial charge in [-0.15, -0.1) is 0 Å². The minimum Gasteiger partial charge on any atom is -0.394 e. The molecule has 3 rings (SSSR count). The van der Waals surface area contributed by atoms with Crippen LogP contribution >= 0.6 is 22.6 Å². The average Bonchev–Trinajstić information content (AvgIpc) is 3.17. The number of β-amino-alcohol motifs (C(OH)–C–C–N with tert-alkyl or cyclic N) is 1. The molecule has 1 aromatic carbocycles. The van der Waals surface area contributed by atoms with Crippen LogP contribution in [0.4, 0.5) is 37.8 Å². The second-order valence-electron chi connectivity index (χ2n) is 9.16. The van der Waals surface area contributed by atoms with Gasteiger partial charge in [-0.2, -0.15) is 26.3 Å². The molecule has 1 amide bonds. The number of nitrogens with zero attached hydrogens (tertiary/aromatic N) is 3. The monoisotopic (exact) mass is 631 g/mol. The van der Waals surface area contributed by atoms with E-state index in [9.17, 15) is 41.4 Å². The SMILES string of the molecule is CN(C(=O)C(C)(C)c1cc(C(F)(F)F)cc(C(F)(F)F)c1)c1cnc(N2C[C@@H](O)C[C@@H]2CO)cc1I. The number of pyridine rings is 1. The maximum absolute atomic E-state index is 13.4. The number of benzene rings is 1. The van der Waals surface area contributed by atoms with Gasteiger partial charge in [0.15, 0.2) is 0 Å². The summed E-state index contributed by atoms with van der Waals surface area (Å²) >= 11 is 1.94. The molecule has 36 heavy (non-hydrogen) atoms. The summed E-state index contributed by atoms with van der Waals surface area (Å²) in [5.74, 6) is -0.293. The Morgan fingerprint density at radius 2 is 1.61 bits per heavy atom. The summed E-state index contributed by atoms with van der Waals surface area (Å²) in [5, 5.41) is 19.5. The Bertz CT molecular complexity index is 1110. The van der Waals surface area contributed by atoms with Crippen molar-refractivity contribution < 1.29 is 41.4 Å². The molecule has 1 aliphatic rings. The fourth-order valence-corrected chi connectivity index (χ4v) is 4.91. The van der Waals surface area contributed by atoms with Crippen LogP contribution in [0.2, 0.25) is 0 Å².